The van der Waals surface area contributed by atoms with Crippen molar-refractivity contribution in [1.29, 1.82) is 0 Å². The van der Waals surface area contributed by atoms with Crippen molar-refractivity contribution in [2.45, 2.75) is 39.0 Å². The summed E-state index contributed by atoms with van der Waals surface area (Å²) < 4.78 is 23.9. The van der Waals surface area contributed by atoms with Gasteiger partial charge in [-0.15, -0.1) is 11.3 Å². The van der Waals surface area contributed by atoms with Crippen molar-refractivity contribution in [2.24, 2.45) is 11.8 Å². The Labute approximate surface area is 130 Å². The van der Waals surface area contributed by atoms with Crippen LogP contribution in [0, 0.1) is 11.8 Å². The maximum Gasteiger partial charge on any atom is 0.180 e. The van der Waals surface area contributed by atoms with E-state index in [9.17, 15) is 13.2 Å². The molecule has 0 spiro atoms. The molecule has 0 aliphatic rings. The zero-order valence-corrected chi connectivity index (χ0v) is 14.8. The highest BCUT2D eigenvalue weighted by molar-refractivity contribution is 7.91. The van der Waals surface area contributed by atoms with Crippen molar-refractivity contribution in [3.63, 3.8) is 0 Å². The zero-order chi connectivity index (χ0) is 16.4. The second kappa shape index (κ2) is 6.79. The minimum atomic E-state index is -3.48. The number of nitrogens with one attached hydrogen (secondary N) is 1. The molecule has 0 fully saturated rings. The Bertz CT molecular complexity index is 616. The summed E-state index contributed by atoms with van der Waals surface area (Å²) in [5, 5.41) is 3.59. The lowest BCUT2D eigenvalue weighted by atomic mass is 10.1. The molecule has 0 saturated heterocycles. The first-order valence-corrected chi connectivity index (χ1v) is 9.66. The first-order chi connectivity index (χ1) is 9.55. The van der Waals surface area contributed by atoms with Crippen molar-refractivity contribution >= 4 is 37.6 Å². The van der Waals surface area contributed by atoms with Crippen molar-refractivity contribution in [3.05, 3.63) is 4.88 Å². The summed E-state index contributed by atoms with van der Waals surface area (Å²) in [7, 11) is -3.48. The van der Waals surface area contributed by atoms with Gasteiger partial charge < -0.3 is 11.1 Å². The smallest absolute Gasteiger partial charge is 0.180 e. The van der Waals surface area contributed by atoms with Crippen LogP contribution in [0.4, 0.5) is 10.7 Å². The molecule has 0 unspecified atom stereocenters. The fraction of sp³-hybridized carbons (Fsp3) is 0.643. The summed E-state index contributed by atoms with van der Waals surface area (Å²) >= 11 is 1.14. The predicted octanol–water partition coefficient (Wildman–Crippen LogP) is 3.03. The number of hydrogen-bond donors (Lipinski definition) is 2. The van der Waals surface area contributed by atoms with Crippen LogP contribution in [0.15, 0.2) is 4.90 Å². The summed E-state index contributed by atoms with van der Waals surface area (Å²) in [6.07, 6.45) is 2.02. The highest BCUT2D eigenvalue weighted by Crippen LogP contribution is 2.40. The van der Waals surface area contributed by atoms with E-state index in [2.05, 4.69) is 19.2 Å². The third-order valence-electron chi connectivity index (χ3n) is 3.03. The molecular formula is C14H24N2O3S2. The Balaban J connectivity index is 3.23. The summed E-state index contributed by atoms with van der Waals surface area (Å²) in [6.45, 7) is 8.38. The molecule has 5 nitrogen and oxygen atoms in total. The van der Waals surface area contributed by atoms with E-state index in [1.807, 2.05) is 0 Å². The van der Waals surface area contributed by atoms with Crippen LogP contribution in [0.25, 0.3) is 0 Å². The fourth-order valence-electron chi connectivity index (χ4n) is 1.83. The number of thiophene rings is 1. The molecule has 0 radical (unpaired) electrons. The van der Waals surface area contributed by atoms with Gasteiger partial charge in [-0.25, -0.2) is 8.42 Å². The minimum Gasteiger partial charge on any atom is -0.396 e. The van der Waals surface area contributed by atoms with Gasteiger partial charge in [0, 0.05) is 18.7 Å². The summed E-state index contributed by atoms with van der Waals surface area (Å²) in [4.78, 5) is 12.5. The molecule has 1 heterocycles. The van der Waals surface area contributed by atoms with Crippen molar-refractivity contribution < 1.29 is 13.2 Å². The molecule has 0 bridgehead atoms. The van der Waals surface area contributed by atoms with Gasteiger partial charge in [0.1, 0.15) is 9.90 Å². The maximum atomic E-state index is 12.1. The molecule has 7 heteroatoms. The quantitative estimate of drug-likeness (QED) is 0.749. The normalized spacial score (nSPS) is 12.1. The third-order valence-corrected chi connectivity index (χ3v) is 5.50. The van der Waals surface area contributed by atoms with E-state index in [-0.39, 0.29) is 22.3 Å². The minimum absolute atomic E-state index is 0.0558. The fourth-order valence-corrected chi connectivity index (χ4v) is 4.52. The lowest BCUT2D eigenvalue weighted by molar-refractivity contribution is 0.0944. The van der Waals surface area contributed by atoms with E-state index >= 15 is 0 Å². The number of hydrogen-bond acceptors (Lipinski definition) is 6. The van der Waals surface area contributed by atoms with Gasteiger partial charge in [0.15, 0.2) is 15.6 Å². The van der Waals surface area contributed by atoms with Crippen LogP contribution < -0.4 is 11.1 Å². The van der Waals surface area contributed by atoms with Crippen LogP contribution in [0.1, 0.15) is 43.8 Å². The van der Waals surface area contributed by atoms with Gasteiger partial charge in [-0.2, -0.15) is 0 Å². The summed E-state index contributed by atoms with van der Waals surface area (Å²) in [5.41, 5.74) is 6.01. The molecule has 0 aromatic carbocycles. The van der Waals surface area contributed by atoms with Crippen LogP contribution in [0.3, 0.4) is 0 Å². The molecule has 0 aliphatic heterocycles. The van der Waals surface area contributed by atoms with Gasteiger partial charge in [0.25, 0.3) is 0 Å². The molecule has 1 aromatic rings. The predicted molar refractivity (Wildman–Crippen MR) is 89.0 cm³/mol. The summed E-state index contributed by atoms with van der Waals surface area (Å²) in [6, 6.07) is 0. The second-order valence-electron chi connectivity index (χ2n) is 5.90. The highest BCUT2D eigenvalue weighted by Gasteiger charge is 2.27. The standard InChI is InChI=1S/C14H24N2O3S2/c1-8(2)6-7-16-14-13(21(5,18)19)10(15)12(20-14)11(17)9(3)4/h8-9,16H,6-7,15H2,1-5H3. The SMILES string of the molecule is CC(C)CCNc1sc(C(=O)C(C)C)c(N)c1S(C)(=O)=O. The van der Waals surface area contributed by atoms with E-state index in [4.69, 9.17) is 5.73 Å². The number of carbonyl (C=O) groups excluding carboxylic acids is 1. The van der Waals surface area contributed by atoms with Crippen LogP contribution in [-0.4, -0.2) is 27.0 Å². The van der Waals surface area contributed by atoms with E-state index in [1.165, 1.54) is 0 Å². The summed E-state index contributed by atoms with van der Waals surface area (Å²) in [5.74, 6) is 0.162. The maximum absolute atomic E-state index is 12.1. The number of ketones is 1. The largest absolute Gasteiger partial charge is 0.396 e. The Morgan fingerprint density at radius 3 is 2.29 bits per heavy atom. The first kappa shape index (κ1) is 18.0. The molecule has 1 aromatic heterocycles. The Kier molecular flexibility index (Phi) is 5.81. The third kappa shape index (κ3) is 4.44. The van der Waals surface area contributed by atoms with E-state index in [0.717, 1.165) is 24.0 Å². The van der Waals surface area contributed by atoms with Crippen LogP contribution in [-0.2, 0) is 9.84 Å². The first-order valence-electron chi connectivity index (χ1n) is 6.96. The van der Waals surface area contributed by atoms with Crippen molar-refractivity contribution in [2.75, 3.05) is 23.9 Å². The van der Waals surface area contributed by atoms with Crippen molar-refractivity contribution in [1.82, 2.24) is 0 Å². The number of nitrogens with two attached hydrogens (primary N) is 1. The zero-order valence-electron chi connectivity index (χ0n) is 13.2. The van der Waals surface area contributed by atoms with Gasteiger partial charge >= 0.3 is 0 Å². The molecular weight excluding hydrogens is 308 g/mol. The van der Waals surface area contributed by atoms with Gasteiger partial charge in [0.05, 0.1) is 10.6 Å². The number of sulfone groups is 1. The van der Waals surface area contributed by atoms with E-state index in [1.54, 1.807) is 13.8 Å². The molecule has 1 rings (SSSR count). The Morgan fingerprint density at radius 1 is 1.29 bits per heavy atom. The van der Waals surface area contributed by atoms with Crippen LogP contribution >= 0.6 is 11.3 Å². The van der Waals surface area contributed by atoms with Crippen LogP contribution in [0.5, 0.6) is 0 Å². The number of nitrogen functional groups attached to an aromatic ring is 1. The van der Waals surface area contributed by atoms with Gasteiger partial charge in [-0.05, 0) is 12.3 Å². The number of rotatable bonds is 7. The molecule has 0 amide bonds. The van der Waals surface area contributed by atoms with E-state index < -0.39 is 9.84 Å². The lowest BCUT2D eigenvalue weighted by Gasteiger charge is -2.08. The number of anilines is 2. The molecule has 0 aliphatic carbocycles. The molecule has 0 atom stereocenters. The number of Topliss-reactive ketones (excluding diaryl/α,β-unsaturated/α-hetero) is 1. The van der Waals surface area contributed by atoms with Gasteiger partial charge in [0.2, 0.25) is 0 Å². The monoisotopic (exact) mass is 332 g/mol. The van der Waals surface area contributed by atoms with Crippen LogP contribution in [0.2, 0.25) is 0 Å². The average molecular weight is 332 g/mol. The number of carbonyl (C=O) groups is 1. The van der Waals surface area contributed by atoms with Gasteiger partial charge in [-0.3, -0.25) is 4.79 Å². The Morgan fingerprint density at radius 2 is 1.86 bits per heavy atom. The molecule has 120 valence electrons. The lowest BCUT2D eigenvalue weighted by Crippen LogP contribution is -2.10. The van der Waals surface area contributed by atoms with E-state index in [0.29, 0.717) is 22.3 Å². The molecule has 0 saturated carbocycles. The molecule has 3 N–H and O–H groups in total. The second-order valence-corrected chi connectivity index (χ2v) is 8.88. The molecule has 21 heavy (non-hydrogen) atoms. The highest BCUT2D eigenvalue weighted by atomic mass is 32.2. The average Bonchev–Trinajstić information content (AvgIpc) is 2.64. The topological polar surface area (TPSA) is 89.3 Å². The van der Waals surface area contributed by atoms with Crippen molar-refractivity contribution in [3.8, 4) is 0 Å². The van der Waals surface area contributed by atoms with Gasteiger partial charge in [-0.1, -0.05) is 27.7 Å². The Hall–Kier alpha value is -1.08.